The van der Waals surface area contributed by atoms with Crippen LogP contribution in [-0.4, -0.2) is 38.8 Å². The summed E-state index contributed by atoms with van der Waals surface area (Å²) in [5.41, 5.74) is 0. The molecule has 4 nitrogen and oxygen atoms in total. The maximum atomic E-state index is 11.5. The fourth-order valence-corrected chi connectivity index (χ4v) is 1.18. The fraction of sp³-hybridized carbons (Fsp3) is 0.750. The molecule has 2 N–H and O–H groups in total. The van der Waals surface area contributed by atoms with Crippen LogP contribution in [0, 0.1) is 12.3 Å². The van der Waals surface area contributed by atoms with Gasteiger partial charge in [-0.25, -0.2) is 0 Å². The third-order valence-corrected chi connectivity index (χ3v) is 2.17. The summed E-state index contributed by atoms with van der Waals surface area (Å²) in [5.74, 6) is 2.59. The zero-order chi connectivity index (χ0) is 12.2. The van der Waals surface area contributed by atoms with Crippen molar-refractivity contribution in [3.63, 3.8) is 0 Å². The summed E-state index contributed by atoms with van der Waals surface area (Å²) < 4.78 is 4.89. The van der Waals surface area contributed by atoms with E-state index in [4.69, 9.17) is 11.2 Å². The molecule has 0 aliphatic rings. The lowest BCUT2D eigenvalue weighted by molar-refractivity contribution is -0.122. The average molecular weight is 226 g/mol. The van der Waals surface area contributed by atoms with Gasteiger partial charge >= 0.3 is 0 Å². The highest BCUT2D eigenvalue weighted by atomic mass is 16.5. The first-order valence-electron chi connectivity index (χ1n) is 5.66. The molecule has 0 heterocycles. The van der Waals surface area contributed by atoms with E-state index in [9.17, 15) is 4.79 Å². The van der Waals surface area contributed by atoms with E-state index in [1.165, 1.54) is 0 Å². The Morgan fingerprint density at radius 1 is 1.44 bits per heavy atom. The molecule has 0 aliphatic carbocycles. The number of rotatable bonds is 9. The van der Waals surface area contributed by atoms with Gasteiger partial charge in [-0.1, -0.05) is 0 Å². The Morgan fingerprint density at radius 3 is 2.81 bits per heavy atom. The molecule has 0 aliphatic heterocycles. The molecule has 92 valence electrons. The summed E-state index contributed by atoms with van der Waals surface area (Å²) in [6.45, 7) is 3.95. The van der Waals surface area contributed by atoms with Gasteiger partial charge < -0.3 is 15.4 Å². The highest BCUT2D eigenvalue weighted by Crippen LogP contribution is 1.87. The quantitative estimate of drug-likeness (QED) is 0.445. The van der Waals surface area contributed by atoms with Crippen molar-refractivity contribution in [2.45, 2.75) is 32.2 Å². The Hall–Kier alpha value is -1.05. The molecular formula is C12H22N2O2. The van der Waals surface area contributed by atoms with Crippen molar-refractivity contribution in [2.75, 3.05) is 26.8 Å². The number of terminal acetylenes is 1. The lowest BCUT2D eigenvalue weighted by Crippen LogP contribution is -2.42. The average Bonchev–Trinajstić information content (AvgIpc) is 2.29. The second kappa shape index (κ2) is 10.5. The molecule has 0 rings (SSSR count). The first-order valence-corrected chi connectivity index (χ1v) is 5.66. The van der Waals surface area contributed by atoms with Gasteiger partial charge in [0.2, 0.25) is 5.91 Å². The third kappa shape index (κ3) is 8.27. The van der Waals surface area contributed by atoms with E-state index in [2.05, 4.69) is 16.6 Å². The van der Waals surface area contributed by atoms with Crippen LogP contribution >= 0.6 is 0 Å². The van der Waals surface area contributed by atoms with Crippen LogP contribution in [0.3, 0.4) is 0 Å². The SMILES string of the molecule is C#CCCCNC(C)C(=O)NCCCOC. The Kier molecular flexibility index (Phi) is 9.78. The van der Waals surface area contributed by atoms with E-state index in [0.717, 1.165) is 25.8 Å². The molecule has 1 atom stereocenters. The van der Waals surface area contributed by atoms with E-state index in [0.29, 0.717) is 13.2 Å². The summed E-state index contributed by atoms with van der Waals surface area (Å²) in [5, 5.41) is 5.96. The van der Waals surface area contributed by atoms with Gasteiger partial charge in [-0.15, -0.1) is 12.3 Å². The van der Waals surface area contributed by atoms with Crippen molar-refractivity contribution in [1.82, 2.24) is 10.6 Å². The Labute approximate surface area is 98.1 Å². The molecule has 0 saturated heterocycles. The highest BCUT2D eigenvalue weighted by Gasteiger charge is 2.10. The first kappa shape index (κ1) is 14.9. The van der Waals surface area contributed by atoms with Gasteiger partial charge in [0.1, 0.15) is 0 Å². The van der Waals surface area contributed by atoms with Crippen molar-refractivity contribution >= 4 is 5.91 Å². The zero-order valence-electron chi connectivity index (χ0n) is 10.2. The number of nitrogens with one attached hydrogen (secondary N) is 2. The van der Waals surface area contributed by atoms with Crippen molar-refractivity contribution in [3.8, 4) is 12.3 Å². The number of carbonyl (C=O) groups excluding carboxylic acids is 1. The second-order valence-corrected chi connectivity index (χ2v) is 3.62. The van der Waals surface area contributed by atoms with Crippen LogP contribution in [-0.2, 0) is 9.53 Å². The molecule has 0 fully saturated rings. The molecule has 1 amide bonds. The Morgan fingerprint density at radius 2 is 2.19 bits per heavy atom. The lowest BCUT2D eigenvalue weighted by Gasteiger charge is -2.13. The van der Waals surface area contributed by atoms with E-state index in [1.807, 2.05) is 6.92 Å². The Bertz CT molecular complexity index is 224. The minimum Gasteiger partial charge on any atom is -0.385 e. The number of ether oxygens (including phenoxy) is 1. The predicted molar refractivity (Wildman–Crippen MR) is 65.0 cm³/mol. The zero-order valence-corrected chi connectivity index (χ0v) is 10.2. The maximum absolute atomic E-state index is 11.5. The van der Waals surface area contributed by atoms with Crippen molar-refractivity contribution < 1.29 is 9.53 Å². The number of hydrogen-bond acceptors (Lipinski definition) is 3. The second-order valence-electron chi connectivity index (χ2n) is 3.62. The van der Waals surface area contributed by atoms with Gasteiger partial charge in [-0.05, 0) is 26.3 Å². The van der Waals surface area contributed by atoms with Crippen LogP contribution in [0.4, 0.5) is 0 Å². The summed E-state index contributed by atoms with van der Waals surface area (Å²) in [4.78, 5) is 11.5. The van der Waals surface area contributed by atoms with Gasteiger partial charge in [0.15, 0.2) is 0 Å². The van der Waals surface area contributed by atoms with Crippen LogP contribution in [0.5, 0.6) is 0 Å². The molecule has 0 aromatic rings. The van der Waals surface area contributed by atoms with Crippen molar-refractivity contribution in [2.24, 2.45) is 0 Å². The monoisotopic (exact) mass is 226 g/mol. The van der Waals surface area contributed by atoms with Gasteiger partial charge in [0.25, 0.3) is 0 Å². The minimum atomic E-state index is -0.166. The largest absolute Gasteiger partial charge is 0.385 e. The molecule has 0 bridgehead atoms. The van der Waals surface area contributed by atoms with E-state index < -0.39 is 0 Å². The van der Waals surface area contributed by atoms with E-state index in [1.54, 1.807) is 7.11 Å². The first-order chi connectivity index (χ1) is 7.72. The van der Waals surface area contributed by atoms with Crippen molar-refractivity contribution in [1.29, 1.82) is 0 Å². The van der Waals surface area contributed by atoms with E-state index >= 15 is 0 Å². The van der Waals surface area contributed by atoms with Gasteiger partial charge in [0.05, 0.1) is 6.04 Å². The van der Waals surface area contributed by atoms with E-state index in [-0.39, 0.29) is 11.9 Å². The predicted octanol–water partition coefficient (Wildman–Crippen LogP) is 0.531. The fourth-order valence-electron chi connectivity index (χ4n) is 1.18. The smallest absolute Gasteiger partial charge is 0.236 e. The van der Waals surface area contributed by atoms with Crippen LogP contribution in [0.25, 0.3) is 0 Å². The highest BCUT2D eigenvalue weighted by molar-refractivity contribution is 5.81. The Balaban J connectivity index is 3.46. The molecular weight excluding hydrogens is 204 g/mol. The summed E-state index contributed by atoms with van der Waals surface area (Å²) in [6.07, 6.45) is 7.62. The molecule has 0 spiro atoms. The van der Waals surface area contributed by atoms with Crippen LogP contribution in [0.2, 0.25) is 0 Å². The van der Waals surface area contributed by atoms with Crippen LogP contribution in [0.1, 0.15) is 26.2 Å². The maximum Gasteiger partial charge on any atom is 0.236 e. The number of hydrogen-bond donors (Lipinski definition) is 2. The summed E-state index contributed by atoms with van der Waals surface area (Å²) >= 11 is 0. The molecule has 4 heteroatoms. The normalized spacial score (nSPS) is 11.8. The molecule has 0 radical (unpaired) electrons. The van der Waals surface area contributed by atoms with Gasteiger partial charge in [0, 0.05) is 26.7 Å². The molecule has 16 heavy (non-hydrogen) atoms. The number of amides is 1. The molecule has 1 unspecified atom stereocenters. The molecule has 0 aromatic heterocycles. The third-order valence-electron chi connectivity index (χ3n) is 2.17. The summed E-state index contributed by atoms with van der Waals surface area (Å²) in [6, 6.07) is -0.166. The molecule has 0 saturated carbocycles. The lowest BCUT2D eigenvalue weighted by atomic mass is 10.2. The van der Waals surface area contributed by atoms with Crippen LogP contribution in [0.15, 0.2) is 0 Å². The van der Waals surface area contributed by atoms with Crippen LogP contribution < -0.4 is 10.6 Å². The minimum absolute atomic E-state index is 0.0248. The number of methoxy groups -OCH3 is 1. The van der Waals surface area contributed by atoms with Gasteiger partial charge in [-0.3, -0.25) is 4.79 Å². The summed E-state index contributed by atoms with van der Waals surface area (Å²) in [7, 11) is 1.65. The number of unbranched alkanes of at least 4 members (excludes halogenated alkanes) is 1. The van der Waals surface area contributed by atoms with Crippen molar-refractivity contribution in [3.05, 3.63) is 0 Å². The topological polar surface area (TPSA) is 50.4 Å². The van der Waals surface area contributed by atoms with Gasteiger partial charge in [-0.2, -0.15) is 0 Å². The number of carbonyl (C=O) groups is 1. The standard InChI is InChI=1S/C12H22N2O2/c1-4-5-6-8-13-11(2)12(15)14-9-7-10-16-3/h1,11,13H,5-10H2,2-3H3,(H,14,15). The molecule has 0 aromatic carbocycles.